The molecule has 1 fully saturated rings. The van der Waals surface area contributed by atoms with Crippen LogP contribution in [-0.4, -0.2) is 57.0 Å². The summed E-state index contributed by atoms with van der Waals surface area (Å²) in [6.45, 7) is 2.05. The van der Waals surface area contributed by atoms with Gasteiger partial charge in [-0.3, -0.25) is 4.79 Å². The van der Waals surface area contributed by atoms with Crippen molar-refractivity contribution in [2.45, 2.75) is 30.4 Å². The number of carbonyl (C=O) groups is 1. The number of methoxy groups -OCH3 is 1. The van der Waals surface area contributed by atoms with Gasteiger partial charge in [-0.15, -0.1) is 11.8 Å². The molecule has 0 aromatic heterocycles. The van der Waals surface area contributed by atoms with E-state index in [2.05, 4.69) is 29.2 Å². The Morgan fingerprint density at radius 3 is 2.45 bits per heavy atom. The summed E-state index contributed by atoms with van der Waals surface area (Å²) < 4.78 is 11.0. The van der Waals surface area contributed by atoms with Crippen LogP contribution in [0.15, 0.2) is 53.4 Å². The van der Waals surface area contributed by atoms with E-state index in [9.17, 15) is 4.79 Å². The smallest absolute Gasteiger partial charge is 0.233 e. The second-order valence-electron chi connectivity index (χ2n) is 7.43. The van der Waals surface area contributed by atoms with Crippen LogP contribution in [0.1, 0.15) is 18.4 Å². The third-order valence-electron chi connectivity index (χ3n) is 5.05. The first-order valence-electron chi connectivity index (χ1n) is 9.97. The van der Waals surface area contributed by atoms with Crippen molar-refractivity contribution in [2.75, 3.05) is 45.0 Å². The maximum Gasteiger partial charge on any atom is 0.233 e. The minimum atomic E-state index is 0.137. The van der Waals surface area contributed by atoms with Gasteiger partial charge in [0.1, 0.15) is 5.75 Å². The van der Waals surface area contributed by atoms with Gasteiger partial charge in [0, 0.05) is 44.4 Å². The number of thioether (sulfide) groups is 1. The molecule has 0 unspecified atom stereocenters. The Hall–Kier alpha value is -2.18. The summed E-state index contributed by atoms with van der Waals surface area (Å²) >= 11 is 1.56. The van der Waals surface area contributed by atoms with Crippen molar-refractivity contribution in [2.24, 2.45) is 0 Å². The molecule has 156 valence electrons. The normalized spacial score (nSPS) is 15.9. The van der Waals surface area contributed by atoms with Crippen molar-refractivity contribution in [3.05, 3.63) is 54.1 Å². The van der Waals surface area contributed by atoms with Crippen LogP contribution in [0.25, 0.3) is 0 Å². The first-order valence-corrected chi connectivity index (χ1v) is 11.0. The Bertz CT molecular complexity index is 772. The van der Waals surface area contributed by atoms with Crippen molar-refractivity contribution >= 4 is 23.4 Å². The summed E-state index contributed by atoms with van der Waals surface area (Å²) in [6, 6.07) is 16.2. The van der Waals surface area contributed by atoms with Gasteiger partial charge in [0.25, 0.3) is 0 Å². The Morgan fingerprint density at radius 1 is 1.14 bits per heavy atom. The maximum absolute atomic E-state index is 13.0. The zero-order chi connectivity index (χ0) is 20.6. The quantitative estimate of drug-likeness (QED) is 0.579. The molecule has 1 heterocycles. The van der Waals surface area contributed by atoms with Crippen LogP contribution in [0.4, 0.5) is 5.69 Å². The number of nitrogens with zero attached hydrogens (tertiary/aromatic N) is 2. The highest BCUT2D eigenvalue weighted by molar-refractivity contribution is 8.00. The zero-order valence-corrected chi connectivity index (χ0v) is 18.3. The van der Waals surface area contributed by atoms with Gasteiger partial charge in [-0.2, -0.15) is 0 Å². The molecule has 0 saturated carbocycles. The van der Waals surface area contributed by atoms with E-state index in [0.29, 0.717) is 18.8 Å². The average Bonchev–Trinajstić information content (AvgIpc) is 3.25. The SMILES string of the molecule is COc1ccc(SCC(=O)N(Cc2ccc(N(C)C)cc2)C[C@@H]2CCCO2)cc1. The minimum absolute atomic E-state index is 0.137. The van der Waals surface area contributed by atoms with Crippen LogP contribution in [0.3, 0.4) is 0 Å². The van der Waals surface area contributed by atoms with Gasteiger partial charge in [-0.05, 0) is 54.8 Å². The number of amides is 1. The van der Waals surface area contributed by atoms with Gasteiger partial charge in [0.2, 0.25) is 5.91 Å². The monoisotopic (exact) mass is 414 g/mol. The lowest BCUT2D eigenvalue weighted by molar-refractivity contribution is -0.130. The second kappa shape index (κ2) is 10.6. The van der Waals surface area contributed by atoms with Crippen molar-refractivity contribution in [3.63, 3.8) is 0 Å². The molecule has 0 N–H and O–H groups in total. The number of ether oxygens (including phenoxy) is 2. The number of rotatable bonds is 9. The highest BCUT2D eigenvalue weighted by Crippen LogP contribution is 2.23. The average molecular weight is 415 g/mol. The molecular weight excluding hydrogens is 384 g/mol. The molecule has 29 heavy (non-hydrogen) atoms. The van der Waals surface area contributed by atoms with Gasteiger partial charge in [0.05, 0.1) is 19.0 Å². The number of hydrogen-bond acceptors (Lipinski definition) is 5. The molecule has 2 aromatic rings. The molecule has 1 aliphatic heterocycles. The van der Waals surface area contributed by atoms with Crippen LogP contribution < -0.4 is 9.64 Å². The lowest BCUT2D eigenvalue weighted by Gasteiger charge is -2.26. The van der Waals surface area contributed by atoms with E-state index >= 15 is 0 Å². The summed E-state index contributed by atoms with van der Waals surface area (Å²) in [6.07, 6.45) is 2.24. The topological polar surface area (TPSA) is 42.0 Å². The first-order chi connectivity index (χ1) is 14.0. The predicted molar refractivity (Wildman–Crippen MR) is 119 cm³/mol. The molecule has 1 saturated heterocycles. The Balaban J connectivity index is 1.63. The van der Waals surface area contributed by atoms with E-state index in [-0.39, 0.29) is 12.0 Å². The lowest BCUT2D eigenvalue weighted by Crippen LogP contribution is -2.38. The standard InChI is InChI=1S/C23H30N2O3S/c1-24(2)19-8-6-18(7-9-19)15-25(16-21-5-4-14-28-21)23(26)17-29-22-12-10-20(27-3)11-13-22/h6-13,21H,4-5,14-17H2,1-3H3/t21-/m0/s1. The molecule has 0 bridgehead atoms. The van der Waals surface area contributed by atoms with Gasteiger partial charge in [-0.25, -0.2) is 0 Å². The highest BCUT2D eigenvalue weighted by atomic mass is 32.2. The molecule has 5 nitrogen and oxygen atoms in total. The molecule has 2 aromatic carbocycles. The summed E-state index contributed by atoms with van der Waals surface area (Å²) in [4.78, 5) is 18.1. The fraction of sp³-hybridized carbons (Fsp3) is 0.435. The van der Waals surface area contributed by atoms with E-state index in [1.165, 1.54) is 0 Å². The molecule has 1 amide bonds. The Labute approximate surface area is 178 Å². The molecule has 0 radical (unpaired) electrons. The van der Waals surface area contributed by atoms with E-state index in [4.69, 9.17) is 9.47 Å². The van der Waals surface area contributed by atoms with Crippen LogP contribution in [0, 0.1) is 0 Å². The summed E-state index contributed by atoms with van der Waals surface area (Å²) in [7, 11) is 5.71. The van der Waals surface area contributed by atoms with E-state index < -0.39 is 0 Å². The van der Waals surface area contributed by atoms with Crippen molar-refractivity contribution < 1.29 is 14.3 Å². The largest absolute Gasteiger partial charge is 0.497 e. The number of benzene rings is 2. The number of anilines is 1. The third kappa shape index (κ3) is 6.41. The van der Waals surface area contributed by atoms with Gasteiger partial charge < -0.3 is 19.3 Å². The zero-order valence-electron chi connectivity index (χ0n) is 17.5. The van der Waals surface area contributed by atoms with Gasteiger partial charge in [0.15, 0.2) is 0 Å². The fourth-order valence-corrected chi connectivity index (χ4v) is 4.12. The molecule has 0 spiro atoms. The van der Waals surface area contributed by atoms with E-state index in [1.54, 1.807) is 18.9 Å². The van der Waals surface area contributed by atoms with Crippen molar-refractivity contribution in [3.8, 4) is 5.75 Å². The lowest BCUT2D eigenvalue weighted by atomic mass is 10.1. The predicted octanol–water partition coefficient (Wildman–Crippen LogP) is 4.06. The fourth-order valence-electron chi connectivity index (χ4n) is 3.32. The molecular formula is C23H30N2O3S. The second-order valence-corrected chi connectivity index (χ2v) is 8.48. The van der Waals surface area contributed by atoms with Crippen LogP contribution in [0.2, 0.25) is 0 Å². The molecule has 1 atom stereocenters. The van der Waals surface area contributed by atoms with Gasteiger partial charge >= 0.3 is 0 Å². The van der Waals surface area contributed by atoms with Gasteiger partial charge in [-0.1, -0.05) is 12.1 Å². The van der Waals surface area contributed by atoms with Crippen molar-refractivity contribution in [1.29, 1.82) is 0 Å². The van der Waals surface area contributed by atoms with E-state index in [0.717, 1.165) is 41.3 Å². The van der Waals surface area contributed by atoms with Crippen LogP contribution in [0.5, 0.6) is 5.75 Å². The third-order valence-corrected chi connectivity index (χ3v) is 6.05. The van der Waals surface area contributed by atoms with Crippen molar-refractivity contribution in [1.82, 2.24) is 4.90 Å². The van der Waals surface area contributed by atoms with Crippen LogP contribution in [-0.2, 0) is 16.1 Å². The molecule has 6 heteroatoms. The maximum atomic E-state index is 13.0. The van der Waals surface area contributed by atoms with E-state index in [1.807, 2.05) is 43.3 Å². The Kier molecular flexibility index (Phi) is 7.83. The Morgan fingerprint density at radius 2 is 1.86 bits per heavy atom. The summed E-state index contributed by atoms with van der Waals surface area (Å²) in [5, 5.41) is 0. The minimum Gasteiger partial charge on any atom is -0.497 e. The molecule has 0 aliphatic carbocycles. The molecule has 1 aliphatic rings. The summed E-state index contributed by atoms with van der Waals surface area (Å²) in [5.41, 5.74) is 2.29. The highest BCUT2D eigenvalue weighted by Gasteiger charge is 2.23. The molecule has 3 rings (SSSR count). The number of hydrogen-bond donors (Lipinski definition) is 0. The number of carbonyl (C=O) groups excluding carboxylic acids is 1. The first kappa shape index (κ1) is 21.5. The summed E-state index contributed by atoms with van der Waals surface area (Å²) in [5.74, 6) is 1.37. The van der Waals surface area contributed by atoms with Crippen LogP contribution >= 0.6 is 11.8 Å².